The third-order valence-corrected chi connectivity index (χ3v) is 4.39. The zero-order valence-corrected chi connectivity index (χ0v) is 13.4. The number of aryl methyl sites for hydroxylation is 1. The molecule has 0 bridgehead atoms. The Hall–Kier alpha value is -2.50. The van der Waals surface area contributed by atoms with Crippen LogP contribution in [0.3, 0.4) is 0 Å². The summed E-state index contributed by atoms with van der Waals surface area (Å²) in [6, 6.07) is 11.2. The number of aliphatic hydroxyl groups excluding tert-OH is 2. The van der Waals surface area contributed by atoms with Gasteiger partial charge < -0.3 is 24.1 Å². The molecule has 2 unspecified atom stereocenters. The van der Waals surface area contributed by atoms with Crippen molar-refractivity contribution in [3.63, 3.8) is 0 Å². The Bertz CT molecular complexity index is 910. The van der Waals surface area contributed by atoms with Gasteiger partial charge in [-0.05, 0) is 49.7 Å². The molecule has 0 saturated carbocycles. The number of fused-ring (bicyclic) bond motifs is 2. The zero-order valence-electron chi connectivity index (χ0n) is 13.4. The maximum Gasteiger partial charge on any atom is 0.231 e. The maximum atomic E-state index is 10.1. The standard InChI is InChI=1S/C19H18O5/c1-10-14-7-12(18(21)11(2)20)3-5-15(14)24-19(10)13-4-6-16-17(8-13)23-9-22-16/h3-8,11,18,20-21H,9H2,1-2H3. The predicted molar refractivity (Wildman–Crippen MR) is 89.2 cm³/mol. The lowest BCUT2D eigenvalue weighted by molar-refractivity contribution is 0.0306. The van der Waals surface area contributed by atoms with Gasteiger partial charge in [-0.2, -0.15) is 0 Å². The topological polar surface area (TPSA) is 72.1 Å². The summed E-state index contributed by atoms with van der Waals surface area (Å²) in [6.07, 6.45) is -1.75. The van der Waals surface area contributed by atoms with Crippen molar-refractivity contribution in [2.45, 2.75) is 26.1 Å². The quantitative estimate of drug-likeness (QED) is 0.770. The van der Waals surface area contributed by atoms with Crippen LogP contribution in [0.25, 0.3) is 22.3 Å². The number of hydrogen-bond donors (Lipinski definition) is 2. The van der Waals surface area contributed by atoms with Gasteiger partial charge in [0.25, 0.3) is 0 Å². The van der Waals surface area contributed by atoms with Crippen molar-refractivity contribution in [2.24, 2.45) is 0 Å². The number of rotatable bonds is 3. The van der Waals surface area contributed by atoms with Crippen LogP contribution in [0, 0.1) is 6.92 Å². The third kappa shape index (κ3) is 2.33. The molecule has 2 N–H and O–H groups in total. The Balaban J connectivity index is 1.81. The molecule has 0 fully saturated rings. The first-order chi connectivity index (χ1) is 11.5. The van der Waals surface area contributed by atoms with Crippen LogP contribution in [-0.4, -0.2) is 23.1 Å². The Morgan fingerprint density at radius 1 is 1.00 bits per heavy atom. The van der Waals surface area contributed by atoms with Gasteiger partial charge in [0, 0.05) is 16.5 Å². The lowest BCUT2D eigenvalue weighted by atomic mass is 10.0. The highest BCUT2D eigenvalue weighted by molar-refractivity contribution is 5.88. The number of benzene rings is 2. The zero-order chi connectivity index (χ0) is 16.8. The monoisotopic (exact) mass is 326 g/mol. The van der Waals surface area contributed by atoms with Crippen molar-refractivity contribution < 1.29 is 24.1 Å². The molecule has 24 heavy (non-hydrogen) atoms. The molecule has 3 aromatic rings. The lowest BCUT2D eigenvalue weighted by Crippen LogP contribution is -2.13. The lowest BCUT2D eigenvalue weighted by Gasteiger charge is -2.13. The number of aliphatic hydroxyl groups is 2. The summed E-state index contributed by atoms with van der Waals surface area (Å²) in [5, 5.41) is 20.6. The smallest absolute Gasteiger partial charge is 0.231 e. The van der Waals surface area contributed by atoms with Gasteiger partial charge in [0.05, 0.1) is 6.10 Å². The van der Waals surface area contributed by atoms with Crippen LogP contribution < -0.4 is 9.47 Å². The minimum absolute atomic E-state index is 0.235. The van der Waals surface area contributed by atoms with Crippen molar-refractivity contribution in [1.29, 1.82) is 0 Å². The van der Waals surface area contributed by atoms with Gasteiger partial charge >= 0.3 is 0 Å². The number of hydrogen-bond acceptors (Lipinski definition) is 5. The Morgan fingerprint density at radius 3 is 2.58 bits per heavy atom. The SMILES string of the molecule is Cc1c(-c2ccc3c(c2)OCO3)oc2ccc(C(O)C(C)O)cc12. The van der Waals surface area contributed by atoms with E-state index >= 15 is 0 Å². The van der Waals surface area contributed by atoms with Crippen LogP contribution in [-0.2, 0) is 0 Å². The molecule has 5 heteroatoms. The fourth-order valence-electron chi connectivity index (χ4n) is 3.01. The highest BCUT2D eigenvalue weighted by atomic mass is 16.7. The van der Waals surface area contributed by atoms with Gasteiger partial charge in [-0.15, -0.1) is 0 Å². The van der Waals surface area contributed by atoms with E-state index in [0.29, 0.717) is 11.3 Å². The molecule has 0 amide bonds. The van der Waals surface area contributed by atoms with Crippen LogP contribution in [0.4, 0.5) is 0 Å². The van der Waals surface area contributed by atoms with E-state index in [-0.39, 0.29) is 6.79 Å². The van der Waals surface area contributed by atoms with E-state index < -0.39 is 12.2 Å². The summed E-state index contributed by atoms with van der Waals surface area (Å²) in [4.78, 5) is 0. The molecule has 1 aromatic heterocycles. The molecular formula is C19H18O5. The molecule has 0 saturated heterocycles. The largest absolute Gasteiger partial charge is 0.456 e. The highest BCUT2D eigenvalue weighted by Gasteiger charge is 2.20. The fraction of sp³-hybridized carbons (Fsp3) is 0.263. The molecule has 4 rings (SSSR count). The van der Waals surface area contributed by atoms with E-state index in [1.54, 1.807) is 13.0 Å². The van der Waals surface area contributed by atoms with Gasteiger partial charge in [-0.25, -0.2) is 0 Å². The third-order valence-electron chi connectivity index (χ3n) is 4.39. The first-order valence-corrected chi connectivity index (χ1v) is 7.84. The van der Waals surface area contributed by atoms with Crippen LogP contribution >= 0.6 is 0 Å². The van der Waals surface area contributed by atoms with E-state index in [9.17, 15) is 10.2 Å². The molecule has 5 nitrogen and oxygen atoms in total. The maximum absolute atomic E-state index is 10.1. The normalized spacial score (nSPS) is 15.7. The van der Waals surface area contributed by atoms with E-state index in [1.807, 2.05) is 37.3 Å². The molecule has 0 aliphatic carbocycles. The minimum Gasteiger partial charge on any atom is -0.456 e. The second kappa shape index (κ2) is 5.54. The highest BCUT2D eigenvalue weighted by Crippen LogP contribution is 2.40. The molecule has 0 spiro atoms. The van der Waals surface area contributed by atoms with Crippen LogP contribution in [0.1, 0.15) is 24.2 Å². The van der Waals surface area contributed by atoms with Crippen LogP contribution in [0.2, 0.25) is 0 Å². The summed E-state index contributed by atoms with van der Waals surface area (Å²) < 4.78 is 16.8. The van der Waals surface area contributed by atoms with Gasteiger partial charge in [0.1, 0.15) is 17.4 Å². The summed E-state index contributed by atoms with van der Waals surface area (Å²) in [5.41, 5.74) is 3.29. The number of furan rings is 1. The van der Waals surface area contributed by atoms with E-state index in [0.717, 1.165) is 33.6 Å². The van der Waals surface area contributed by atoms with Crippen molar-refractivity contribution in [2.75, 3.05) is 6.79 Å². The van der Waals surface area contributed by atoms with Gasteiger partial charge in [-0.1, -0.05) is 6.07 Å². The number of ether oxygens (including phenoxy) is 2. The molecule has 124 valence electrons. The molecule has 1 aliphatic rings. The Labute approximate surface area is 139 Å². The van der Waals surface area contributed by atoms with Crippen LogP contribution in [0.15, 0.2) is 40.8 Å². The second-order valence-corrected chi connectivity index (χ2v) is 6.07. The van der Waals surface area contributed by atoms with E-state index in [2.05, 4.69) is 0 Å². The van der Waals surface area contributed by atoms with Gasteiger partial charge in [-0.3, -0.25) is 0 Å². The average molecular weight is 326 g/mol. The molecule has 2 heterocycles. The van der Waals surface area contributed by atoms with E-state index in [4.69, 9.17) is 13.9 Å². The van der Waals surface area contributed by atoms with Gasteiger partial charge in [0.15, 0.2) is 11.5 Å². The molecule has 0 radical (unpaired) electrons. The predicted octanol–water partition coefficient (Wildman–Crippen LogP) is 3.55. The molecule has 2 atom stereocenters. The summed E-state index contributed by atoms with van der Waals surface area (Å²) in [5.74, 6) is 2.19. The van der Waals surface area contributed by atoms with Crippen molar-refractivity contribution in [1.82, 2.24) is 0 Å². The van der Waals surface area contributed by atoms with Crippen molar-refractivity contribution in [3.8, 4) is 22.8 Å². The first kappa shape index (κ1) is 15.1. The molecule has 1 aliphatic heterocycles. The second-order valence-electron chi connectivity index (χ2n) is 6.07. The minimum atomic E-state index is -0.919. The van der Waals surface area contributed by atoms with Crippen molar-refractivity contribution in [3.05, 3.63) is 47.5 Å². The summed E-state index contributed by atoms with van der Waals surface area (Å²) in [6.45, 7) is 3.78. The van der Waals surface area contributed by atoms with Gasteiger partial charge in [0.2, 0.25) is 6.79 Å². The average Bonchev–Trinajstić information content (AvgIpc) is 3.17. The first-order valence-electron chi connectivity index (χ1n) is 7.84. The Morgan fingerprint density at radius 2 is 1.79 bits per heavy atom. The van der Waals surface area contributed by atoms with Crippen LogP contribution in [0.5, 0.6) is 11.5 Å². The molecule has 2 aromatic carbocycles. The summed E-state index contributed by atoms with van der Waals surface area (Å²) >= 11 is 0. The van der Waals surface area contributed by atoms with Crippen molar-refractivity contribution >= 4 is 11.0 Å². The fourth-order valence-corrected chi connectivity index (χ4v) is 3.01. The van der Waals surface area contributed by atoms with E-state index in [1.165, 1.54) is 0 Å². The Kier molecular flexibility index (Phi) is 3.48. The molecular weight excluding hydrogens is 308 g/mol. The summed E-state index contributed by atoms with van der Waals surface area (Å²) in [7, 11) is 0.